The van der Waals surface area contributed by atoms with Crippen LogP contribution in [0.25, 0.3) is 11.0 Å². The zero-order valence-electron chi connectivity index (χ0n) is 15.0. The number of anilines is 1. The highest BCUT2D eigenvalue weighted by atomic mass is 16.5. The van der Waals surface area contributed by atoms with Gasteiger partial charge in [0.1, 0.15) is 11.3 Å². The fourth-order valence-corrected chi connectivity index (χ4v) is 3.76. The Morgan fingerprint density at radius 3 is 2.81 bits per heavy atom. The largest absolute Gasteiger partial charge is 0.488 e. The first-order valence-corrected chi connectivity index (χ1v) is 9.40. The molecule has 7 nitrogen and oxygen atoms in total. The predicted octanol–water partition coefficient (Wildman–Crippen LogP) is 3.25. The maximum atomic E-state index is 6.25. The van der Waals surface area contributed by atoms with Crippen LogP contribution >= 0.6 is 0 Å². The first-order chi connectivity index (χ1) is 13.3. The van der Waals surface area contributed by atoms with Crippen molar-refractivity contribution >= 4 is 17.0 Å². The van der Waals surface area contributed by atoms with Crippen LogP contribution in [0.5, 0.6) is 5.75 Å². The Morgan fingerprint density at radius 1 is 1.00 bits per heavy atom. The second-order valence-corrected chi connectivity index (χ2v) is 7.07. The summed E-state index contributed by atoms with van der Waals surface area (Å²) in [6.07, 6.45) is 9.51. The molecular formula is C20H21N5O2. The Hall–Kier alpha value is -2.80. The highest BCUT2D eigenvalue weighted by Crippen LogP contribution is 2.29. The lowest BCUT2D eigenvalue weighted by Gasteiger charge is -2.29. The van der Waals surface area contributed by atoms with Gasteiger partial charge >= 0.3 is 0 Å². The summed E-state index contributed by atoms with van der Waals surface area (Å²) >= 11 is 0. The van der Waals surface area contributed by atoms with Gasteiger partial charge in [0, 0.05) is 30.2 Å². The van der Waals surface area contributed by atoms with E-state index in [9.17, 15) is 0 Å². The van der Waals surface area contributed by atoms with E-state index in [1.165, 1.54) is 0 Å². The summed E-state index contributed by atoms with van der Waals surface area (Å²) in [5, 5.41) is 3.47. The maximum absolute atomic E-state index is 6.25. The molecule has 0 radical (unpaired) electrons. The normalized spacial score (nSPS) is 21.8. The van der Waals surface area contributed by atoms with Gasteiger partial charge in [0.2, 0.25) is 5.95 Å². The fourth-order valence-electron chi connectivity index (χ4n) is 3.76. The molecule has 138 valence electrons. The molecule has 5 rings (SSSR count). The monoisotopic (exact) mass is 363 g/mol. The lowest BCUT2D eigenvalue weighted by molar-refractivity contribution is 0.133. The Balaban J connectivity index is 1.20. The molecule has 2 aliphatic rings. The van der Waals surface area contributed by atoms with E-state index in [2.05, 4.69) is 25.3 Å². The van der Waals surface area contributed by atoms with Gasteiger partial charge in [-0.05, 0) is 37.8 Å². The van der Waals surface area contributed by atoms with Crippen molar-refractivity contribution in [3.63, 3.8) is 0 Å². The fraction of sp³-hybridized carbons (Fsp3) is 0.400. The Kier molecular flexibility index (Phi) is 4.29. The average molecular weight is 363 g/mol. The summed E-state index contributed by atoms with van der Waals surface area (Å²) in [6, 6.07) is 6.27. The van der Waals surface area contributed by atoms with Crippen LogP contribution < -0.4 is 10.1 Å². The minimum absolute atomic E-state index is 0.199. The molecule has 1 aliphatic carbocycles. The topological polar surface area (TPSA) is 82.0 Å². The van der Waals surface area contributed by atoms with Crippen LogP contribution in [0.15, 0.2) is 36.8 Å². The number of ether oxygens (including phenoxy) is 2. The van der Waals surface area contributed by atoms with Crippen LogP contribution in [0.4, 0.5) is 5.95 Å². The second kappa shape index (κ2) is 7.08. The number of para-hydroxylation sites is 1. The molecule has 7 heteroatoms. The van der Waals surface area contributed by atoms with Crippen LogP contribution in [0.3, 0.4) is 0 Å². The smallest absolute Gasteiger partial charge is 0.223 e. The minimum Gasteiger partial charge on any atom is -0.488 e. The van der Waals surface area contributed by atoms with Gasteiger partial charge in [-0.1, -0.05) is 6.07 Å². The Labute approximate surface area is 157 Å². The van der Waals surface area contributed by atoms with Gasteiger partial charge in [0.05, 0.1) is 30.5 Å². The molecule has 1 aromatic carbocycles. The van der Waals surface area contributed by atoms with E-state index in [0.717, 1.165) is 53.7 Å². The highest BCUT2D eigenvalue weighted by Gasteiger charge is 2.24. The van der Waals surface area contributed by atoms with Gasteiger partial charge in [-0.2, -0.15) is 0 Å². The summed E-state index contributed by atoms with van der Waals surface area (Å²) in [7, 11) is 0. The van der Waals surface area contributed by atoms with Crippen molar-refractivity contribution in [3.05, 3.63) is 48.0 Å². The zero-order chi connectivity index (χ0) is 18.1. The molecule has 0 saturated heterocycles. The van der Waals surface area contributed by atoms with E-state index in [1.54, 1.807) is 12.4 Å². The van der Waals surface area contributed by atoms with Crippen LogP contribution in [0, 0.1) is 0 Å². The molecule has 0 spiro atoms. The standard InChI is InChI=1S/C20H21N5O2/c1-2-16-19(22-9-8-21-16)18(3-1)27-15-6-4-14(5-7-15)24-20-23-10-13-11-26-12-17(13)25-20/h1-3,8-10,14-15H,4-7,11-12H2,(H,23,24,25). The second-order valence-electron chi connectivity index (χ2n) is 7.07. The van der Waals surface area contributed by atoms with Crippen molar-refractivity contribution in [2.24, 2.45) is 0 Å². The van der Waals surface area contributed by atoms with Crippen molar-refractivity contribution in [2.75, 3.05) is 5.32 Å². The van der Waals surface area contributed by atoms with Gasteiger partial charge in [0.15, 0.2) is 0 Å². The molecule has 1 saturated carbocycles. The third-order valence-corrected chi connectivity index (χ3v) is 5.21. The molecule has 0 amide bonds. The number of hydrogen-bond acceptors (Lipinski definition) is 7. The van der Waals surface area contributed by atoms with Crippen molar-refractivity contribution < 1.29 is 9.47 Å². The minimum atomic E-state index is 0.199. The van der Waals surface area contributed by atoms with E-state index < -0.39 is 0 Å². The van der Waals surface area contributed by atoms with E-state index >= 15 is 0 Å². The van der Waals surface area contributed by atoms with Crippen LogP contribution in [0.2, 0.25) is 0 Å². The summed E-state index contributed by atoms with van der Waals surface area (Å²) in [4.78, 5) is 17.8. The van der Waals surface area contributed by atoms with Gasteiger partial charge in [-0.3, -0.25) is 4.98 Å². The zero-order valence-corrected chi connectivity index (χ0v) is 15.0. The molecule has 0 atom stereocenters. The van der Waals surface area contributed by atoms with Crippen LogP contribution in [-0.2, 0) is 18.0 Å². The quantitative estimate of drug-likeness (QED) is 0.762. The molecule has 1 fully saturated rings. The average Bonchev–Trinajstić information content (AvgIpc) is 3.18. The number of rotatable bonds is 4. The number of fused-ring (bicyclic) bond motifs is 2. The lowest BCUT2D eigenvalue weighted by atomic mass is 9.93. The third kappa shape index (κ3) is 3.42. The van der Waals surface area contributed by atoms with Crippen LogP contribution in [0.1, 0.15) is 36.9 Å². The van der Waals surface area contributed by atoms with Crippen molar-refractivity contribution in [1.82, 2.24) is 19.9 Å². The Morgan fingerprint density at radius 2 is 1.89 bits per heavy atom. The third-order valence-electron chi connectivity index (χ3n) is 5.21. The first-order valence-electron chi connectivity index (χ1n) is 9.40. The Bertz CT molecular complexity index is 951. The van der Waals surface area contributed by atoms with Crippen molar-refractivity contribution in [3.8, 4) is 5.75 Å². The summed E-state index contributed by atoms with van der Waals surface area (Å²) in [5.41, 5.74) is 3.79. The van der Waals surface area contributed by atoms with Crippen molar-refractivity contribution in [2.45, 2.75) is 51.0 Å². The number of nitrogens with zero attached hydrogens (tertiary/aromatic N) is 4. The molecule has 0 bridgehead atoms. The maximum Gasteiger partial charge on any atom is 0.223 e. The van der Waals surface area contributed by atoms with E-state index in [0.29, 0.717) is 25.2 Å². The molecule has 27 heavy (non-hydrogen) atoms. The first kappa shape index (κ1) is 16.4. The molecular weight excluding hydrogens is 342 g/mol. The lowest BCUT2D eigenvalue weighted by Crippen LogP contribution is -2.32. The SMILES string of the molecule is c1cc(OC2CCC(Nc3ncc4c(n3)COC4)CC2)c2nccnc2c1. The molecule has 0 unspecified atom stereocenters. The van der Waals surface area contributed by atoms with E-state index in [-0.39, 0.29) is 6.10 Å². The van der Waals surface area contributed by atoms with Crippen LogP contribution in [-0.4, -0.2) is 32.1 Å². The number of aromatic nitrogens is 4. The number of benzene rings is 1. The van der Waals surface area contributed by atoms with E-state index in [4.69, 9.17) is 9.47 Å². The molecule has 1 aliphatic heterocycles. The number of nitrogens with one attached hydrogen (secondary N) is 1. The molecule has 1 N–H and O–H groups in total. The summed E-state index contributed by atoms with van der Waals surface area (Å²) in [5.74, 6) is 1.52. The molecule has 3 aromatic rings. The summed E-state index contributed by atoms with van der Waals surface area (Å²) in [6.45, 7) is 1.21. The predicted molar refractivity (Wildman–Crippen MR) is 100 cm³/mol. The van der Waals surface area contributed by atoms with Gasteiger partial charge < -0.3 is 14.8 Å². The van der Waals surface area contributed by atoms with Gasteiger partial charge in [-0.15, -0.1) is 0 Å². The van der Waals surface area contributed by atoms with Gasteiger partial charge in [0.25, 0.3) is 0 Å². The van der Waals surface area contributed by atoms with Gasteiger partial charge in [-0.25, -0.2) is 15.0 Å². The molecule has 3 heterocycles. The van der Waals surface area contributed by atoms with E-state index in [1.807, 2.05) is 24.4 Å². The highest BCUT2D eigenvalue weighted by molar-refractivity contribution is 5.80. The number of hydrogen-bond donors (Lipinski definition) is 1. The molecule has 2 aromatic heterocycles. The summed E-state index contributed by atoms with van der Waals surface area (Å²) < 4.78 is 11.7. The van der Waals surface area contributed by atoms with Crippen molar-refractivity contribution in [1.29, 1.82) is 0 Å².